The van der Waals surface area contributed by atoms with Crippen LogP contribution in [0.25, 0.3) is 0 Å². The highest BCUT2D eigenvalue weighted by Gasteiger charge is 2.20. The molecule has 0 amide bonds. The van der Waals surface area contributed by atoms with Crippen LogP contribution in [-0.2, 0) is 0 Å². The van der Waals surface area contributed by atoms with E-state index in [2.05, 4.69) is 24.4 Å². The lowest BCUT2D eigenvalue weighted by Gasteiger charge is -2.26. The van der Waals surface area contributed by atoms with Crippen LogP contribution >= 0.6 is 0 Å². The Morgan fingerprint density at radius 1 is 1.33 bits per heavy atom. The molecule has 0 saturated carbocycles. The number of piperidine rings is 1. The van der Waals surface area contributed by atoms with Gasteiger partial charge in [0.1, 0.15) is 11.5 Å². The van der Waals surface area contributed by atoms with Crippen molar-refractivity contribution < 1.29 is 9.47 Å². The fourth-order valence-corrected chi connectivity index (χ4v) is 2.61. The molecule has 1 aliphatic rings. The summed E-state index contributed by atoms with van der Waals surface area (Å²) in [7, 11) is 1.73. The number of methoxy groups -OCH3 is 1. The molecule has 2 rings (SSSR count). The van der Waals surface area contributed by atoms with Crippen molar-refractivity contribution in [2.45, 2.75) is 32.6 Å². The summed E-state index contributed by atoms with van der Waals surface area (Å²) in [5.41, 5.74) is 2.42. The lowest BCUT2D eigenvalue weighted by Crippen LogP contribution is -2.28. The predicted octanol–water partition coefficient (Wildman–Crippen LogP) is 2.87. The van der Waals surface area contributed by atoms with Crippen LogP contribution in [0.2, 0.25) is 0 Å². The van der Waals surface area contributed by atoms with E-state index in [-0.39, 0.29) is 0 Å². The first-order valence-electron chi connectivity index (χ1n) is 6.78. The summed E-state index contributed by atoms with van der Waals surface area (Å²) in [6.45, 7) is 6.96. The van der Waals surface area contributed by atoms with Gasteiger partial charge in [-0.3, -0.25) is 0 Å². The smallest absolute Gasteiger partial charge is 0.123 e. The zero-order valence-corrected chi connectivity index (χ0v) is 11.6. The zero-order valence-electron chi connectivity index (χ0n) is 11.6. The van der Waals surface area contributed by atoms with Gasteiger partial charge in [0.25, 0.3) is 0 Å². The second kappa shape index (κ2) is 6.10. The Morgan fingerprint density at radius 2 is 2.17 bits per heavy atom. The van der Waals surface area contributed by atoms with Gasteiger partial charge in [0.2, 0.25) is 0 Å². The van der Waals surface area contributed by atoms with Crippen molar-refractivity contribution in [1.29, 1.82) is 0 Å². The molecule has 0 aliphatic carbocycles. The molecule has 0 spiro atoms. The van der Waals surface area contributed by atoms with Crippen molar-refractivity contribution in [1.82, 2.24) is 5.32 Å². The van der Waals surface area contributed by atoms with Gasteiger partial charge in [0, 0.05) is 18.0 Å². The van der Waals surface area contributed by atoms with Gasteiger partial charge in [-0.15, -0.1) is 0 Å². The van der Waals surface area contributed by atoms with Gasteiger partial charge in [-0.05, 0) is 50.9 Å². The highest BCUT2D eigenvalue weighted by atomic mass is 16.5. The second-order valence-electron chi connectivity index (χ2n) is 4.84. The number of nitrogens with one attached hydrogen (secondary N) is 1. The lowest BCUT2D eigenvalue weighted by molar-refractivity contribution is 0.327. The van der Waals surface area contributed by atoms with Gasteiger partial charge in [-0.2, -0.15) is 0 Å². The number of aryl methyl sites for hydroxylation is 1. The second-order valence-corrected chi connectivity index (χ2v) is 4.84. The average molecular weight is 249 g/mol. The van der Waals surface area contributed by atoms with E-state index in [1.54, 1.807) is 7.11 Å². The van der Waals surface area contributed by atoms with E-state index in [1.165, 1.54) is 18.4 Å². The third-order valence-corrected chi connectivity index (χ3v) is 3.56. The van der Waals surface area contributed by atoms with Gasteiger partial charge in [-0.25, -0.2) is 0 Å². The molecule has 0 radical (unpaired) electrons. The lowest BCUT2D eigenvalue weighted by atomic mass is 9.90. The fourth-order valence-electron chi connectivity index (χ4n) is 2.61. The third kappa shape index (κ3) is 2.78. The van der Waals surface area contributed by atoms with Crippen LogP contribution in [0.1, 0.15) is 36.8 Å². The molecule has 18 heavy (non-hydrogen) atoms. The van der Waals surface area contributed by atoms with E-state index in [9.17, 15) is 0 Å². The molecule has 1 N–H and O–H groups in total. The van der Waals surface area contributed by atoms with E-state index < -0.39 is 0 Å². The minimum Gasteiger partial charge on any atom is -0.496 e. The summed E-state index contributed by atoms with van der Waals surface area (Å²) >= 11 is 0. The maximum absolute atomic E-state index is 5.79. The summed E-state index contributed by atoms with van der Waals surface area (Å²) in [6.07, 6.45) is 2.45. The van der Waals surface area contributed by atoms with Crippen LogP contribution in [0.3, 0.4) is 0 Å². The fraction of sp³-hybridized carbons (Fsp3) is 0.600. The molecule has 0 unspecified atom stereocenters. The van der Waals surface area contributed by atoms with Crippen molar-refractivity contribution in [3.05, 3.63) is 23.3 Å². The van der Waals surface area contributed by atoms with E-state index >= 15 is 0 Å². The molecule has 1 aromatic carbocycles. The number of ether oxygens (including phenoxy) is 2. The van der Waals surface area contributed by atoms with Gasteiger partial charge in [0.05, 0.1) is 13.7 Å². The van der Waals surface area contributed by atoms with Crippen LogP contribution < -0.4 is 14.8 Å². The highest BCUT2D eigenvalue weighted by Crippen LogP contribution is 2.36. The zero-order chi connectivity index (χ0) is 13.0. The minimum atomic E-state index is 0.537. The standard InChI is InChI=1S/C15H23NO2/c1-4-18-15-8-11(2)14(17-3)9-13(15)12-6-5-7-16-10-12/h8-9,12,16H,4-7,10H2,1-3H3/t12-/m1/s1. The highest BCUT2D eigenvalue weighted by molar-refractivity contribution is 5.47. The molecular weight excluding hydrogens is 226 g/mol. The number of benzene rings is 1. The SMILES string of the molecule is CCOc1cc(C)c(OC)cc1[C@@H]1CCCNC1. The molecule has 1 fully saturated rings. The Kier molecular flexibility index (Phi) is 4.48. The summed E-state index contributed by atoms with van der Waals surface area (Å²) < 4.78 is 11.2. The van der Waals surface area contributed by atoms with E-state index in [1.807, 2.05) is 6.92 Å². The van der Waals surface area contributed by atoms with Crippen LogP contribution in [0.15, 0.2) is 12.1 Å². The third-order valence-electron chi connectivity index (χ3n) is 3.56. The summed E-state index contributed by atoms with van der Waals surface area (Å²) in [4.78, 5) is 0. The normalized spacial score (nSPS) is 19.6. The molecule has 1 aromatic rings. The monoisotopic (exact) mass is 249 g/mol. The number of rotatable bonds is 4. The summed E-state index contributed by atoms with van der Waals surface area (Å²) in [5, 5.41) is 3.46. The maximum atomic E-state index is 5.79. The van der Waals surface area contributed by atoms with Gasteiger partial charge in [-0.1, -0.05) is 0 Å². The molecule has 3 nitrogen and oxygen atoms in total. The van der Waals surface area contributed by atoms with Crippen molar-refractivity contribution >= 4 is 0 Å². The van der Waals surface area contributed by atoms with E-state index in [0.717, 1.165) is 30.2 Å². The largest absolute Gasteiger partial charge is 0.496 e. The number of hydrogen-bond donors (Lipinski definition) is 1. The first-order chi connectivity index (χ1) is 8.76. The van der Waals surface area contributed by atoms with Gasteiger partial charge >= 0.3 is 0 Å². The van der Waals surface area contributed by atoms with E-state index in [0.29, 0.717) is 12.5 Å². The first kappa shape index (κ1) is 13.2. The topological polar surface area (TPSA) is 30.5 Å². The Bertz CT molecular complexity index is 398. The van der Waals surface area contributed by atoms with Crippen LogP contribution in [-0.4, -0.2) is 26.8 Å². The van der Waals surface area contributed by atoms with E-state index in [4.69, 9.17) is 9.47 Å². The van der Waals surface area contributed by atoms with Crippen molar-refractivity contribution in [2.24, 2.45) is 0 Å². The summed E-state index contributed by atoms with van der Waals surface area (Å²) in [5.74, 6) is 2.51. The molecular formula is C15H23NO2. The molecule has 1 saturated heterocycles. The maximum Gasteiger partial charge on any atom is 0.123 e. The van der Waals surface area contributed by atoms with Crippen LogP contribution in [0.4, 0.5) is 0 Å². The Balaban J connectivity index is 2.34. The average Bonchev–Trinajstić information content (AvgIpc) is 2.40. The van der Waals surface area contributed by atoms with Crippen LogP contribution in [0, 0.1) is 6.92 Å². The molecule has 0 aromatic heterocycles. The Labute approximate surface area is 109 Å². The van der Waals surface area contributed by atoms with Crippen molar-refractivity contribution in [3.8, 4) is 11.5 Å². The van der Waals surface area contributed by atoms with Gasteiger partial charge in [0.15, 0.2) is 0 Å². The molecule has 3 heteroatoms. The Hall–Kier alpha value is -1.22. The molecule has 1 heterocycles. The molecule has 1 aliphatic heterocycles. The van der Waals surface area contributed by atoms with Crippen molar-refractivity contribution in [2.75, 3.05) is 26.8 Å². The first-order valence-corrected chi connectivity index (χ1v) is 6.78. The summed E-state index contributed by atoms with van der Waals surface area (Å²) in [6, 6.07) is 4.25. The van der Waals surface area contributed by atoms with Gasteiger partial charge < -0.3 is 14.8 Å². The quantitative estimate of drug-likeness (QED) is 0.890. The number of hydrogen-bond acceptors (Lipinski definition) is 3. The van der Waals surface area contributed by atoms with Crippen LogP contribution in [0.5, 0.6) is 11.5 Å². The minimum absolute atomic E-state index is 0.537. The Morgan fingerprint density at radius 3 is 2.78 bits per heavy atom. The molecule has 0 bridgehead atoms. The predicted molar refractivity (Wildman–Crippen MR) is 73.7 cm³/mol. The molecule has 1 atom stereocenters. The van der Waals surface area contributed by atoms with Crippen molar-refractivity contribution in [3.63, 3.8) is 0 Å². The molecule has 100 valence electrons.